The van der Waals surface area contributed by atoms with E-state index in [9.17, 15) is 10.2 Å². The Hall–Kier alpha value is -0.120. The van der Waals surface area contributed by atoms with E-state index in [0.29, 0.717) is 6.04 Å². The molecule has 10 heavy (non-hydrogen) atoms. The summed E-state index contributed by atoms with van der Waals surface area (Å²) >= 11 is 0. The van der Waals surface area contributed by atoms with Gasteiger partial charge < -0.3 is 10.2 Å². The SMILES string of the molecule is CN1C2CCC1(O)C(O)C2. The zero-order valence-corrected chi connectivity index (χ0v) is 6.12. The van der Waals surface area contributed by atoms with E-state index in [1.807, 2.05) is 11.9 Å². The Morgan fingerprint density at radius 3 is 2.50 bits per heavy atom. The van der Waals surface area contributed by atoms with Crippen molar-refractivity contribution in [2.45, 2.75) is 37.1 Å². The van der Waals surface area contributed by atoms with Crippen LogP contribution in [-0.4, -0.2) is 40.0 Å². The Morgan fingerprint density at radius 2 is 2.30 bits per heavy atom. The first-order valence-corrected chi connectivity index (χ1v) is 3.78. The van der Waals surface area contributed by atoms with Gasteiger partial charge in [0.1, 0.15) is 5.72 Å². The number of fused-ring (bicyclic) bond motifs is 2. The van der Waals surface area contributed by atoms with Gasteiger partial charge in [-0.1, -0.05) is 0 Å². The topological polar surface area (TPSA) is 43.7 Å². The maximum Gasteiger partial charge on any atom is 0.144 e. The monoisotopic (exact) mass is 143 g/mol. The number of likely N-dealkylation sites (N-methyl/N-ethyl adjacent to an activating group) is 1. The molecule has 58 valence electrons. The minimum Gasteiger partial charge on any atom is -0.389 e. The maximum atomic E-state index is 9.75. The van der Waals surface area contributed by atoms with Gasteiger partial charge in [-0.2, -0.15) is 0 Å². The van der Waals surface area contributed by atoms with E-state index in [4.69, 9.17) is 0 Å². The third kappa shape index (κ3) is 0.557. The molecule has 0 amide bonds. The van der Waals surface area contributed by atoms with Crippen molar-refractivity contribution in [1.29, 1.82) is 0 Å². The normalized spacial score (nSPS) is 54.3. The lowest BCUT2D eigenvalue weighted by Crippen LogP contribution is -2.45. The second kappa shape index (κ2) is 1.72. The van der Waals surface area contributed by atoms with E-state index in [0.717, 1.165) is 19.3 Å². The lowest BCUT2D eigenvalue weighted by Gasteiger charge is -2.28. The quantitative estimate of drug-likeness (QED) is 0.482. The highest BCUT2D eigenvalue weighted by molar-refractivity contribution is 5.04. The van der Waals surface area contributed by atoms with Crippen LogP contribution in [0.2, 0.25) is 0 Å². The fourth-order valence-corrected chi connectivity index (χ4v) is 2.19. The highest BCUT2D eigenvalue weighted by atomic mass is 16.4. The van der Waals surface area contributed by atoms with Crippen LogP contribution in [0.15, 0.2) is 0 Å². The molecule has 2 fully saturated rings. The van der Waals surface area contributed by atoms with Gasteiger partial charge in [0.25, 0.3) is 0 Å². The molecular weight excluding hydrogens is 130 g/mol. The summed E-state index contributed by atoms with van der Waals surface area (Å²) in [4.78, 5) is 1.90. The molecule has 2 heterocycles. The Kier molecular flexibility index (Phi) is 1.14. The second-order valence-corrected chi connectivity index (χ2v) is 3.43. The first kappa shape index (κ1) is 6.58. The molecule has 3 nitrogen and oxygen atoms in total. The van der Waals surface area contributed by atoms with Gasteiger partial charge in [-0.3, -0.25) is 4.90 Å². The van der Waals surface area contributed by atoms with Gasteiger partial charge in [-0.05, 0) is 26.3 Å². The molecule has 2 aliphatic heterocycles. The van der Waals surface area contributed by atoms with Crippen LogP contribution in [0, 0.1) is 0 Å². The Balaban J connectivity index is 2.29. The zero-order chi connectivity index (χ0) is 7.35. The summed E-state index contributed by atoms with van der Waals surface area (Å²) in [6.45, 7) is 0. The highest BCUT2D eigenvalue weighted by Gasteiger charge is 2.54. The van der Waals surface area contributed by atoms with E-state index in [2.05, 4.69) is 0 Å². The summed E-state index contributed by atoms with van der Waals surface area (Å²) in [7, 11) is 1.88. The summed E-state index contributed by atoms with van der Waals surface area (Å²) < 4.78 is 0. The Bertz CT molecular complexity index is 162. The lowest BCUT2D eigenvalue weighted by molar-refractivity contribution is -0.121. The van der Waals surface area contributed by atoms with Crippen LogP contribution >= 0.6 is 0 Å². The van der Waals surface area contributed by atoms with Crippen molar-refractivity contribution in [3.63, 3.8) is 0 Å². The van der Waals surface area contributed by atoms with E-state index in [-0.39, 0.29) is 0 Å². The number of hydrogen-bond acceptors (Lipinski definition) is 3. The molecule has 0 saturated carbocycles. The summed E-state index contributed by atoms with van der Waals surface area (Å²) in [6, 6.07) is 0.417. The molecular formula is C7H13NO2. The molecule has 0 aliphatic carbocycles. The predicted octanol–water partition coefficient (Wildman–Crippen LogP) is -0.466. The number of aliphatic hydroxyl groups is 2. The van der Waals surface area contributed by atoms with Crippen LogP contribution in [0.5, 0.6) is 0 Å². The smallest absolute Gasteiger partial charge is 0.144 e. The minimum absolute atomic E-state index is 0.417. The highest BCUT2D eigenvalue weighted by Crippen LogP contribution is 2.43. The molecule has 2 bridgehead atoms. The van der Waals surface area contributed by atoms with E-state index in [1.54, 1.807) is 0 Å². The van der Waals surface area contributed by atoms with Gasteiger partial charge in [-0.25, -0.2) is 0 Å². The largest absolute Gasteiger partial charge is 0.389 e. The van der Waals surface area contributed by atoms with Crippen molar-refractivity contribution in [1.82, 2.24) is 4.90 Å². The van der Waals surface area contributed by atoms with Gasteiger partial charge in [0.2, 0.25) is 0 Å². The molecule has 0 aromatic heterocycles. The number of rotatable bonds is 0. The number of hydrogen-bond donors (Lipinski definition) is 2. The third-order valence-electron chi connectivity index (χ3n) is 3.03. The average Bonchev–Trinajstić information content (AvgIpc) is 2.25. The summed E-state index contributed by atoms with van der Waals surface area (Å²) in [5.41, 5.74) is -0.884. The number of nitrogens with zero attached hydrogens (tertiary/aromatic N) is 1. The van der Waals surface area contributed by atoms with Crippen molar-refractivity contribution in [3.05, 3.63) is 0 Å². The van der Waals surface area contributed by atoms with E-state index in [1.165, 1.54) is 0 Å². The average molecular weight is 143 g/mol. The van der Waals surface area contributed by atoms with Crippen molar-refractivity contribution >= 4 is 0 Å². The van der Waals surface area contributed by atoms with E-state index >= 15 is 0 Å². The first-order valence-electron chi connectivity index (χ1n) is 3.78. The Morgan fingerprint density at radius 1 is 1.60 bits per heavy atom. The number of aliphatic hydroxyl groups excluding tert-OH is 1. The van der Waals surface area contributed by atoms with Crippen molar-refractivity contribution in [3.8, 4) is 0 Å². The van der Waals surface area contributed by atoms with Gasteiger partial charge >= 0.3 is 0 Å². The van der Waals surface area contributed by atoms with Gasteiger partial charge in [0.15, 0.2) is 0 Å². The summed E-state index contributed by atoms with van der Waals surface area (Å²) in [5.74, 6) is 0. The zero-order valence-electron chi connectivity index (χ0n) is 6.12. The van der Waals surface area contributed by atoms with Crippen LogP contribution < -0.4 is 0 Å². The Labute approximate surface area is 60.3 Å². The molecule has 0 aromatic carbocycles. The molecule has 2 aliphatic rings. The summed E-state index contributed by atoms with van der Waals surface area (Å²) in [6.07, 6.45) is 1.99. The van der Waals surface area contributed by atoms with Crippen LogP contribution in [0.25, 0.3) is 0 Å². The van der Waals surface area contributed by atoms with Crippen molar-refractivity contribution in [2.75, 3.05) is 7.05 Å². The van der Waals surface area contributed by atoms with Gasteiger partial charge in [0.05, 0.1) is 6.10 Å². The molecule has 2 N–H and O–H groups in total. The predicted molar refractivity (Wildman–Crippen MR) is 36.4 cm³/mol. The third-order valence-corrected chi connectivity index (χ3v) is 3.03. The van der Waals surface area contributed by atoms with Crippen LogP contribution in [0.3, 0.4) is 0 Å². The van der Waals surface area contributed by atoms with Crippen molar-refractivity contribution < 1.29 is 10.2 Å². The lowest BCUT2D eigenvalue weighted by atomic mass is 9.95. The standard InChI is InChI=1S/C7H13NO2/c1-8-5-2-3-7(8,10)6(9)4-5/h5-6,9-10H,2-4H2,1H3. The minimum atomic E-state index is -0.884. The first-order chi connectivity index (χ1) is 4.64. The van der Waals surface area contributed by atoms with Crippen LogP contribution in [0.1, 0.15) is 19.3 Å². The molecule has 3 heteroatoms. The van der Waals surface area contributed by atoms with Crippen LogP contribution in [-0.2, 0) is 0 Å². The van der Waals surface area contributed by atoms with Gasteiger partial charge in [-0.15, -0.1) is 0 Å². The van der Waals surface area contributed by atoms with Gasteiger partial charge in [0, 0.05) is 6.04 Å². The molecule has 3 atom stereocenters. The molecule has 2 saturated heterocycles. The van der Waals surface area contributed by atoms with Crippen molar-refractivity contribution in [2.24, 2.45) is 0 Å². The molecule has 0 spiro atoms. The fraction of sp³-hybridized carbons (Fsp3) is 1.00. The molecule has 3 unspecified atom stereocenters. The van der Waals surface area contributed by atoms with Crippen LogP contribution in [0.4, 0.5) is 0 Å². The second-order valence-electron chi connectivity index (χ2n) is 3.43. The maximum absolute atomic E-state index is 9.75. The fourth-order valence-electron chi connectivity index (χ4n) is 2.19. The molecule has 0 aromatic rings. The van der Waals surface area contributed by atoms with E-state index < -0.39 is 11.8 Å². The molecule has 0 radical (unpaired) electrons. The summed E-state index contributed by atoms with van der Waals surface area (Å²) in [5, 5.41) is 19.1. The molecule has 2 rings (SSSR count).